The zero-order valence-corrected chi connectivity index (χ0v) is 13.1. The fourth-order valence-corrected chi connectivity index (χ4v) is 2.50. The number of thiazole rings is 1. The van der Waals surface area contributed by atoms with Crippen LogP contribution in [0.3, 0.4) is 0 Å². The molecule has 1 heterocycles. The van der Waals surface area contributed by atoms with Crippen molar-refractivity contribution in [2.24, 2.45) is 5.92 Å². The molecule has 0 unspecified atom stereocenters. The van der Waals surface area contributed by atoms with Gasteiger partial charge in [-0.25, -0.2) is 4.98 Å². The van der Waals surface area contributed by atoms with Gasteiger partial charge in [-0.05, 0) is 24.1 Å². The van der Waals surface area contributed by atoms with Crippen LogP contribution in [0, 0.1) is 5.92 Å². The Kier molecular flexibility index (Phi) is 4.84. The minimum absolute atomic E-state index is 0.600. The quantitative estimate of drug-likeness (QED) is 0.877. The Labute approximate surface area is 123 Å². The number of methoxy groups -OCH3 is 2. The molecule has 5 heteroatoms. The number of rotatable bonds is 6. The maximum Gasteiger partial charge on any atom is 0.183 e. The van der Waals surface area contributed by atoms with Crippen LogP contribution in [0.2, 0.25) is 0 Å². The summed E-state index contributed by atoms with van der Waals surface area (Å²) in [6.07, 6.45) is 0. The summed E-state index contributed by atoms with van der Waals surface area (Å²) in [7, 11) is 3.27. The largest absolute Gasteiger partial charge is 0.493 e. The molecule has 0 saturated heterocycles. The first-order valence-electron chi connectivity index (χ1n) is 6.55. The number of nitrogens with one attached hydrogen (secondary N) is 1. The van der Waals surface area contributed by atoms with Gasteiger partial charge in [-0.15, -0.1) is 11.3 Å². The predicted molar refractivity (Wildman–Crippen MR) is 84.0 cm³/mol. The van der Waals surface area contributed by atoms with Crippen LogP contribution in [0.15, 0.2) is 23.6 Å². The van der Waals surface area contributed by atoms with E-state index in [1.807, 2.05) is 23.6 Å². The fourth-order valence-electron chi connectivity index (χ4n) is 1.77. The molecule has 1 aromatic carbocycles. The van der Waals surface area contributed by atoms with E-state index in [1.54, 1.807) is 25.6 Å². The molecule has 2 aromatic rings. The van der Waals surface area contributed by atoms with Gasteiger partial charge in [-0.1, -0.05) is 13.8 Å². The highest BCUT2D eigenvalue weighted by Crippen LogP contribution is 2.33. The first kappa shape index (κ1) is 14.7. The number of ether oxygens (including phenoxy) is 2. The lowest BCUT2D eigenvalue weighted by Gasteiger charge is -2.08. The van der Waals surface area contributed by atoms with Crippen LogP contribution in [0.4, 0.5) is 5.13 Å². The minimum Gasteiger partial charge on any atom is -0.493 e. The number of hydrogen-bond acceptors (Lipinski definition) is 5. The van der Waals surface area contributed by atoms with Crippen molar-refractivity contribution in [2.75, 3.05) is 26.1 Å². The van der Waals surface area contributed by atoms with Crippen molar-refractivity contribution < 1.29 is 9.47 Å². The first-order chi connectivity index (χ1) is 9.63. The Morgan fingerprint density at radius 3 is 2.60 bits per heavy atom. The van der Waals surface area contributed by atoms with Gasteiger partial charge in [0.15, 0.2) is 16.6 Å². The van der Waals surface area contributed by atoms with Crippen molar-refractivity contribution in [1.82, 2.24) is 4.98 Å². The first-order valence-corrected chi connectivity index (χ1v) is 7.43. The van der Waals surface area contributed by atoms with Crippen molar-refractivity contribution in [3.8, 4) is 22.8 Å². The highest BCUT2D eigenvalue weighted by atomic mass is 32.1. The van der Waals surface area contributed by atoms with Crippen LogP contribution in [0.25, 0.3) is 11.3 Å². The van der Waals surface area contributed by atoms with E-state index < -0.39 is 0 Å². The normalized spacial score (nSPS) is 10.7. The standard InChI is InChI=1S/C15H20N2O2S/c1-10(2)8-16-15-17-12(9-20-15)11-5-6-13(18-3)14(7-11)19-4/h5-7,9-10H,8H2,1-4H3,(H,16,17). The Morgan fingerprint density at radius 1 is 1.20 bits per heavy atom. The zero-order chi connectivity index (χ0) is 14.5. The average Bonchev–Trinajstić information content (AvgIpc) is 2.93. The molecule has 108 valence electrons. The second-order valence-electron chi connectivity index (χ2n) is 4.88. The molecule has 0 aliphatic rings. The van der Waals surface area contributed by atoms with Crippen molar-refractivity contribution >= 4 is 16.5 Å². The van der Waals surface area contributed by atoms with Gasteiger partial charge >= 0.3 is 0 Å². The second kappa shape index (κ2) is 6.61. The number of nitrogens with zero attached hydrogens (tertiary/aromatic N) is 1. The molecular formula is C15H20N2O2S. The van der Waals surface area contributed by atoms with Crippen LogP contribution in [0.1, 0.15) is 13.8 Å². The van der Waals surface area contributed by atoms with E-state index >= 15 is 0 Å². The maximum absolute atomic E-state index is 5.32. The highest BCUT2D eigenvalue weighted by molar-refractivity contribution is 7.14. The van der Waals surface area contributed by atoms with E-state index in [-0.39, 0.29) is 0 Å². The van der Waals surface area contributed by atoms with Crippen molar-refractivity contribution in [2.45, 2.75) is 13.8 Å². The number of anilines is 1. The molecule has 0 aliphatic heterocycles. The van der Waals surface area contributed by atoms with Crippen LogP contribution in [0.5, 0.6) is 11.5 Å². The molecule has 4 nitrogen and oxygen atoms in total. The lowest BCUT2D eigenvalue weighted by atomic mass is 10.1. The molecular weight excluding hydrogens is 272 g/mol. The van der Waals surface area contributed by atoms with Crippen LogP contribution < -0.4 is 14.8 Å². The van der Waals surface area contributed by atoms with Crippen molar-refractivity contribution in [3.63, 3.8) is 0 Å². The summed E-state index contributed by atoms with van der Waals surface area (Å²) in [5.41, 5.74) is 1.97. The second-order valence-corrected chi connectivity index (χ2v) is 5.74. The Balaban J connectivity index is 2.19. The summed E-state index contributed by atoms with van der Waals surface area (Å²) in [6, 6.07) is 5.83. The summed E-state index contributed by atoms with van der Waals surface area (Å²) >= 11 is 1.62. The third kappa shape index (κ3) is 3.42. The Hall–Kier alpha value is -1.75. The van der Waals surface area contributed by atoms with Gasteiger partial charge < -0.3 is 14.8 Å². The van der Waals surface area contributed by atoms with E-state index in [4.69, 9.17) is 9.47 Å². The van der Waals surface area contributed by atoms with E-state index in [1.165, 1.54) is 0 Å². The zero-order valence-electron chi connectivity index (χ0n) is 12.3. The molecule has 0 saturated carbocycles. The topological polar surface area (TPSA) is 43.4 Å². The van der Waals surface area contributed by atoms with E-state index in [2.05, 4.69) is 24.1 Å². The van der Waals surface area contributed by atoms with Gasteiger partial charge in [0.1, 0.15) is 0 Å². The van der Waals surface area contributed by atoms with E-state index in [0.717, 1.165) is 34.4 Å². The average molecular weight is 292 g/mol. The van der Waals surface area contributed by atoms with Crippen molar-refractivity contribution in [1.29, 1.82) is 0 Å². The van der Waals surface area contributed by atoms with Gasteiger partial charge in [-0.2, -0.15) is 0 Å². The third-order valence-electron chi connectivity index (χ3n) is 2.85. The molecule has 0 atom stereocenters. The lowest BCUT2D eigenvalue weighted by Crippen LogP contribution is -2.07. The molecule has 2 rings (SSSR count). The third-order valence-corrected chi connectivity index (χ3v) is 3.65. The van der Waals surface area contributed by atoms with Gasteiger partial charge in [0, 0.05) is 17.5 Å². The Bertz CT molecular complexity index is 567. The summed E-state index contributed by atoms with van der Waals surface area (Å²) in [5.74, 6) is 2.04. The molecule has 0 fully saturated rings. The van der Waals surface area contributed by atoms with E-state index in [9.17, 15) is 0 Å². The molecule has 0 radical (unpaired) electrons. The number of hydrogen-bond donors (Lipinski definition) is 1. The maximum atomic E-state index is 5.32. The highest BCUT2D eigenvalue weighted by Gasteiger charge is 2.09. The van der Waals surface area contributed by atoms with Gasteiger partial charge in [0.2, 0.25) is 0 Å². The summed E-state index contributed by atoms with van der Waals surface area (Å²) in [6.45, 7) is 5.28. The van der Waals surface area contributed by atoms with Gasteiger partial charge in [-0.3, -0.25) is 0 Å². The molecule has 1 N–H and O–H groups in total. The fraction of sp³-hybridized carbons (Fsp3) is 0.400. The summed E-state index contributed by atoms with van der Waals surface area (Å²) in [4.78, 5) is 4.59. The molecule has 1 aromatic heterocycles. The molecule has 0 aliphatic carbocycles. The van der Waals surface area contributed by atoms with Gasteiger partial charge in [0.25, 0.3) is 0 Å². The SMILES string of the molecule is COc1ccc(-c2csc(NCC(C)C)n2)cc1OC. The summed E-state index contributed by atoms with van der Waals surface area (Å²) in [5, 5.41) is 6.33. The summed E-state index contributed by atoms with van der Waals surface area (Å²) < 4.78 is 10.6. The predicted octanol–water partition coefficient (Wildman–Crippen LogP) is 3.90. The lowest BCUT2D eigenvalue weighted by molar-refractivity contribution is 0.355. The number of aromatic nitrogens is 1. The van der Waals surface area contributed by atoms with Crippen LogP contribution in [-0.4, -0.2) is 25.7 Å². The van der Waals surface area contributed by atoms with Gasteiger partial charge in [0.05, 0.1) is 19.9 Å². The Morgan fingerprint density at radius 2 is 1.95 bits per heavy atom. The van der Waals surface area contributed by atoms with E-state index in [0.29, 0.717) is 5.92 Å². The molecule has 0 spiro atoms. The van der Waals surface area contributed by atoms with Crippen LogP contribution in [-0.2, 0) is 0 Å². The number of benzene rings is 1. The minimum atomic E-state index is 0.600. The van der Waals surface area contributed by atoms with Crippen LogP contribution >= 0.6 is 11.3 Å². The monoisotopic (exact) mass is 292 g/mol. The molecule has 20 heavy (non-hydrogen) atoms. The van der Waals surface area contributed by atoms with Crippen molar-refractivity contribution in [3.05, 3.63) is 23.6 Å². The molecule has 0 amide bonds. The molecule has 0 bridgehead atoms. The smallest absolute Gasteiger partial charge is 0.183 e.